The Labute approximate surface area is 161 Å². The molecule has 0 bridgehead atoms. The molecule has 1 aliphatic rings. The van der Waals surface area contributed by atoms with E-state index in [2.05, 4.69) is 25.9 Å². The summed E-state index contributed by atoms with van der Waals surface area (Å²) >= 11 is 1.56. The molecule has 26 heavy (non-hydrogen) atoms. The summed E-state index contributed by atoms with van der Waals surface area (Å²) in [6, 6.07) is 7.95. The number of anilines is 1. The van der Waals surface area contributed by atoms with Crippen molar-refractivity contribution in [2.24, 2.45) is 0 Å². The quantitative estimate of drug-likeness (QED) is 0.715. The van der Waals surface area contributed by atoms with Crippen LogP contribution in [0.3, 0.4) is 0 Å². The van der Waals surface area contributed by atoms with Gasteiger partial charge in [-0.25, -0.2) is 9.67 Å². The topological polar surface area (TPSA) is 84.7 Å². The predicted octanol–water partition coefficient (Wildman–Crippen LogP) is 3.00. The van der Waals surface area contributed by atoms with E-state index in [1.807, 2.05) is 34.3 Å². The Bertz CT molecular complexity index is 860. The maximum absolute atomic E-state index is 12.5. The second kappa shape index (κ2) is 8.39. The van der Waals surface area contributed by atoms with Crippen LogP contribution in [0.25, 0.3) is 10.6 Å². The summed E-state index contributed by atoms with van der Waals surface area (Å²) in [4.78, 5) is 16.8. The molecule has 2 aromatic heterocycles. The van der Waals surface area contributed by atoms with Crippen LogP contribution >= 0.6 is 23.7 Å². The average Bonchev–Trinajstić information content (AvgIpc) is 3.35. The standard InChI is InChI=1S/C17H18N6OS.ClH/c24-16(15-11-23(22-21-15)14-4-6-18-7-5-14)20-13-3-1-2-12(10-13)17-19-8-9-25-17;/h1-3,8-11,14,18H,4-7H2,(H,20,24);1H. The molecule has 1 amide bonds. The van der Waals surface area contributed by atoms with Crippen LogP contribution in [0.4, 0.5) is 5.69 Å². The maximum Gasteiger partial charge on any atom is 0.277 e. The largest absolute Gasteiger partial charge is 0.321 e. The van der Waals surface area contributed by atoms with Gasteiger partial charge in [0.2, 0.25) is 0 Å². The third-order valence-corrected chi connectivity index (χ3v) is 5.05. The van der Waals surface area contributed by atoms with Crippen LogP contribution in [0.15, 0.2) is 42.0 Å². The summed E-state index contributed by atoms with van der Waals surface area (Å²) < 4.78 is 1.81. The smallest absolute Gasteiger partial charge is 0.277 e. The summed E-state index contributed by atoms with van der Waals surface area (Å²) in [5.41, 5.74) is 2.03. The van der Waals surface area contributed by atoms with Crippen LogP contribution in [-0.4, -0.2) is 39.0 Å². The number of piperidine rings is 1. The molecule has 1 saturated heterocycles. The van der Waals surface area contributed by atoms with E-state index < -0.39 is 0 Å². The SMILES string of the molecule is Cl.O=C(Nc1cccc(-c2nccs2)c1)c1cn(C2CCNCC2)nn1. The van der Waals surface area contributed by atoms with Crippen LogP contribution in [0, 0.1) is 0 Å². The fraction of sp³-hybridized carbons (Fsp3) is 0.294. The highest BCUT2D eigenvalue weighted by Crippen LogP contribution is 2.24. The summed E-state index contributed by atoms with van der Waals surface area (Å²) in [5.74, 6) is -0.253. The Morgan fingerprint density at radius 3 is 2.92 bits per heavy atom. The number of carbonyl (C=O) groups excluding carboxylic acids is 1. The minimum Gasteiger partial charge on any atom is -0.321 e. The van der Waals surface area contributed by atoms with Gasteiger partial charge in [-0.3, -0.25) is 4.79 Å². The van der Waals surface area contributed by atoms with E-state index in [0.717, 1.165) is 36.5 Å². The first-order valence-corrected chi connectivity index (χ1v) is 9.11. The molecule has 0 atom stereocenters. The van der Waals surface area contributed by atoms with Gasteiger partial charge < -0.3 is 10.6 Å². The van der Waals surface area contributed by atoms with Crippen molar-refractivity contribution in [2.45, 2.75) is 18.9 Å². The molecule has 3 aromatic rings. The zero-order valence-corrected chi connectivity index (χ0v) is 15.6. The highest BCUT2D eigenvalue weighted by atomic mass is 35.5. The van der Waals surface area contributed by atoms with Crippen LogP contribution in [0.2, 0.25) is 0 Å². The predicted molar refractivity (Wildman–Crippen MR) is 104 cm³/mol. The number of aromatic nitrogens is 4. The zero-order chi connectivity index (χ0) is 17.1. The molecule has 1 aromatic carbocycles. The van der Waals surface area contributed by atoms with Crippen molar-refractivity contribution in [3.05, 3.63) is 47.7 Å². The van der Waals surface area contributed by atoms with E-state index in [9.17, 15) is 4.79 Å². The number of halogens is 1. The van der Waals surface area contributed by atoms with Gasteiger partial charge in [0.1, 0.15) is 5.01 Å². The van der Waals surface area contributed by atoms with Crippen molar-refractivity contribution in [1.82, 2.24) is 25.3 Å². The van der Waals surface area contributed by atoms with Gasteiger partial charge in [0, 0.05) is 22.8 Å². The van der Waals surface area contributed by atoms with Gasteiger partial charge in [-0.05, 0) is 38.1 Å². The van der Waals surface area contributed by atoms with E-state index >= 15 is 0 Å². The molecule has 0 unspecified atom stereocenters. The van der Waals surface area contributed by atoms with Crippen molar-refractivity contribution in [2.75, 3.05) is 18.4 Å². The van der Waals surface area contributed by atoms with Gasteiger partial charge >= 0.3 is 0 Å². The van der Waals surface area contributed by atoms with E-state index in [-0.39, 0.29) is 18.3 Å². The highest BCUT2D eigenvalue weighted by Gasteiger charge is 2.19. The summed E-state index contributed by atoms with van der Waals surface area (Å²) in [6.45, 7) is 1.94. The Morgan fingerprint density at radius 1 is 1.31 bits per heavy atom. The number of amides is 1. The number of benzene rings is 1. The lowest BCUT2D eigenvalue weighted by molar-refractivity contribution is 0.102. The third kappa shape index (κ3) is 4.09. The van der Waals surface area contributed by atoms with Gasteiger partial charge in [-0.15, -0.1) is 28.8 Å². The Hall–Kier alpha value is -2.29. The van der Waals surface area contributed by atoms with Crippen molar-refractivity contribution in [1.29, 1.82) is 0 Å². The number of carbonyl (C=O) groups is 1. The molecule has 9 heteroatoms. The van der Waals surface area contributed by atoms with Crippen molar-refractivity contribution in [3.63, 3.8) is 0 Å². The summed E-state index contributed by atoms with van der Waals surface area (Å²) in [6.07, 6.45) is 5.50. The Morgan fingerprint density at radius 2 is 2.15 bits per heavy atom. The van der Waals surface area contributed by atoms with Crippen LogP contribution in [0.1, 0.15) is 29.4 Å². The fourth-order valence-electron chi connectivity index (χ4n) is 2.92. The molecule has 1 fully saturated rings. The van der Waals surface area contributed by atoms with Crippen LogP contribution in [-0.2, 0) is 0 Å². The first-order chi connectivity index (χ1) is 12.3. The van der Waals surface area contributed by atoms with E-state index in [4.69, 9.17) is 0 Å². The molecule has 0 aliphatic carbocycles. The molecule has 7 nitrogen and oxygen atoms in total. The third-order valence-electron chi connectivity index (χ3n) is 4.23. The molecule has 0 saturated carbocycles. The zero-order valence-electron chi connectivity index (χ0n) is 14.0. The average molecular weight is 391 g/mol. The highest BCUT2D eigenvalue weighted by molar-refractivity contribution is 7.13. The Kier molecular flexibility index (Phi) is 5.97. The molecule has 4 rings (SSSR count). The molecule has 2 N–H and O–H groups in total. The van der Waals surface area contributed by atoms with E-state index in [1.165, 1.54) is 0 Å². The second-order valence-electron chi connectivity index (χ2n) is 5.94. The van der Waals surface area contributed by atoms with Crippen molar-refractivity contribution >= 4 is 35.3 Å². The van der Waals surface area contributed by atoms with Gasteiger partial charge in [-0.1, -0.05) is 17.3 Å². The maximum atomic E-state index is 12.5. The molecule has 0 spiro atoms. The monoisotopic (exact) mass is 390 g/mol. The lowest BCUT2D eigenvalue weighted by Gasteiger charge is -2.22. The van der Waals surface area contributed by atoms with Crippen molar-refractivity contribution in [3.8, 4) is 10.6 Å². The molecule has 1 aliphatic heterocycles. The van der Waals surface area contributed by atoms with E-state index in [0.29, 0.717) is 17.4 Å². The molecule has 0 radical (unpaired) electrons. The second-order valence-corrected chi connectivity index (χ2v) is 6.83. The normalized spacial score (nSPS) is 14.6. The van der Waals surface area contributed by atoms with Crippen molar-refractivity contribution < 1.29 is 4.79 Å². The first-order valence-electron chi connectivity index (χ1n) is 8.23. The summed E-state index contributed by atoms with van der Waals surface area (Å²) in [7, 11) is 0. The van der Waals surface area contributed by atoms with Gasteiger partial charge in [0.25, 0.3) is 5.91 Å². The molecule has 3 heterocycles. The molecule has 136 valence electrons. The molecular formula is C17H19ClN6OS. The lowest BCUT2D eigenvalue weighted by Crippen LogP contribution is -2.29. The van der Waals surface area contributed by atoms with E-state index in [1.54, 1.807) is 23.7 Å². The number of hydrogen-bond donors (Lipinski definition) is 2. The minimum atomic E-state index is -0.253. The minimum absolute atomic E-state index is 0. The number of rotatable bonds is 4. The van der Waals surface area contributed by atoms with Gasteiger partial charge in [-0.2, -0.15) is 0 Å². The Balaban J connectivity index is 0.00000196. The first kappa shape index (κ1) is 18.5. The van der Waals surface area contributed by atoms with Crippen LogP contribution in [0.5, 0.6) is 0 Å². The van der Waals surface area contributed by atoms with Gasteiger partial charge in [0.05, 0.1) is 12.2 Å². The molecular weight excluding hydrogens is 372 g/mol. The lowest BCUT2D eigenvalue weighted by atomic mass is 10.1. The number of nitrogens with one attached hydrogen (secondary N) is 2. The summed E-state index contributed by atoms with van der Waals surface area (Å²) in [5, 5.41) is 17.2. The fourth-order valence-corrected chi connectivity index (χ4v) is 3.56. The van der Waals surface area contributed by atoms with Gasteiger partial charge in [0.15, 0.2) is 5.69 Å². The number of hydrogen-bond acceptors (Lipinski definition) is 6. The van der Waals surface area contributed by atoms with Crippen LogP contribution < -0.4 is 10.6 Å². The number of thiazole rings is 1. The number of nitrogens with zero attached hydrogens (tertiary/aromatic N) is 4.